The summed E-state index contributed by atoms with van der Waals surface area (Å²) in [5.74, 6) is 0.121. The van der Waals surface area contributed by atoms with Gasteiger partial charge in [-0.3, -0.25) is 4.79 Å². The lowest BCUT2D eigenvalue weighted by Gasteiger charge is -2.29. The van der Waals surface area contributed by atoms with Crippen molar-refractivity contribution in [3.05, 3.63) is 16.1 Å². The van der Waals surface area contributed by atoms with E-state index in [1.54, 1.807) is 11.3 Å². The molecule has 2 rings (SSSR count). The van der Waals surface area contributed by atoms with Crippen LogP contribution in [0.3, 0.4) is 0 Å². The summed E-state index contributed by atoms with van der Waals surface area (Å²) in [5, 5.41) is 4.04. The van der Waals surface area contributed by atoms with Gasteiger partial charge in [-0.25, -0.2) is 4.98 Å². The lowest BCUT2D eigenvalue weighted by molar-refractivity contribution is -0.131. The zero-order chi connectivity index (χ0) is 14.4. The van der Waals surface area contributed by atoms with Gasteiger partial charge < -0.3 is 11.1 Å². The largest absolute Gasteiger partial charge is 0.349 e. The molecule has 1 saturated carbocycles. The zero-order valence-corrected chi connectivity index (χ0v) is 13.1. The van der Waals surface area contributed by atoms with E-state index in [9.17, 15) is 4.79 Å². The Hall–Kier alpha value is -0.940. The van der Waals surface area contributed by atoms with Crippen LogP contribution in [-0.4, -0.2) is 17.4 Å². The minimum atomic E-state index is -0.346. The average Bonchev–Trinajstić information content (AvgIpc) is 2.80. The maximum absolute atomic E-state index is 12.5. The summed E-state index contributed by atoms with van der Waals surface area (Å²) in [4.78, 5) is 18.1. The number of aryl methyl sites for hydroxylation is 1. The van der Waals surface area contributed by atoms with Gasteiger partial charge in [0.25, 0.3) is 0 Å². The van der Waals surface area contributed by atoms with Gasteiger partial charge in [-0.05, 0) is 19.3 Å². The molecule has 3 N–H and O–H groups in total. The van der Waals surface area contributed by atoms with Crippen molar-refractivity contribution in [3.63, 3.8) is 0 Å². The molecule has 1 heterocycles. The fraction of sp³-hybridized carbons (Fsp3) is 0.733. The Morgan fingerprint density at radius 1 is 1.40 bits per heavy atom. The van der Waals surface area contributed by atoms with Crippen molar-refractivity contribution >= 4 is 17.2 Å². The number of hydrogen-bond acceptors (Lipinski definition) is 4. The number of nitrogens with two attached hydrogens (primary N) is 1. The van der Waals surface area contributed by atoms with E-state index in [0.717, 1.165) is 37.1 Å². The lowest BCUT2D eigenvalue weighted by atomic mass is 9.79. The molecule has 0 radical (unpaired) electrons. The quantitative estimate of drug-likeness (QED) is 0.821. The Kier molecular flexibility index (Phi) is 5.54. The summed E-state index contributed by atoms with van der Waals surface area (Å²) in [7, 11) is 0. The minimum absolute atomic E-state index is 0.121. The number of amides is 1. The zero-order valence-electron chi connectivity index (χ0n) is 12.3. The van der Waals surface area contributed by atoms with Gasteiger partial charge in [0.2, 0.25) is 5.91 Å². The fourth-order valence-corrected chi connectivity index (χ4v) is 3.67. The van der Waals surface area contributed by atoms with Gasteiger partial charge in [0.15, 0.2) is 0 Å². The number of carbonyl (C=O) groups excluding carboxylic acids is 1. The second kappa shape index (κ2) is 7.18. The SMILES string of the molecule is CCc1cnc(CNC(=O)C2(CN)CCCCCC2)s1. The third-order valence-electron chi connectivity index (χ3n) is 4.28. The number of nitrogens with zero attached hydrogens (tertiary/aromatic N) is 1. The first-order valence-electron chi connectivity index (χ1n) is 7.62. The van der Waals surface area contributed by atoms with Crippen LogP contribution in [0.5, 0.6) is 0 Å². The molecule has 0 unspecified atom stereocenters. The van der Waals surface area contributed by atoms with E-state index in [4.69, 9.17) is 5.73 Å². The standard InChI is InChI=1S/C15H25N3OS/c1-2-12-9-17-13(20-12)10-18-14(19)15(11-16)7-5-3-4-6-8-15/h9H,2-8,10-11,16H2,1H3,(H,18,19). The van der Waals surface area contributed by atoms with Crippen LogP contribution < -0.4 is 11.1 Å². The van der Waals surface area contributed by atoms with Crippen molar-refractivity contribution in [1.29, 1.82) is 0 Å². The van der Waals surface area contributed by atoms with Crippen molar-refractivity contribution in [2.24, 2.45) is 11.1 Å². The van der Waals surface area contributed by atoms with Gasteiger partial charge in [-0.1, -0.05) is 32.6 Å². The smallest absolute Gasteiger partial charge is 0.227 e. The maximum atomic E-state index is 12.5. The van der Waals surface area contributed by atoms with Gasteiger partial charge in [0.05, 0.1) is 12.0 Å². The normalized spacial score (nSPS) is 18.5. The molecule has 5 heteroatoms. The summed E-state index contributed by atoms with van der Waals surface area (Å²) in [6.45, 7) is 3.10. The van der Waals surface area contributed by atoms with Crippen LogP contribution in [0, 0.1) is 5.41 Å². The monoisotopic (exact) mass is 295 g/mol. The number of thiazole rings is 1. The van der Waals surface area contributed by atoms with E-state index in [2.05, 4.69) is 17.2 Å². The molecule has 1 amide bonds. The highest BCUT2D eigenvalue weighted by Crippen LogP contribution is 2.34. The molecule has 0 aromatic carbocycles. The highest BCUT2D eigenvalue weighted by atomic mass is 32.1. The molecule has 0 bridgehead atoms. The van der Waals surface area contributed by atoms with Crippen LogP contribution in [0.1, 0.15) is 55.3 Å². The molecule has 112 valence electrons. The van der Waals surface area contributed by atoms with Crippen molar-refractivity contribution in [2.75, 3.05) is 6.54 Å². The van der Waals surface area contributed by atoms with Gasteiger partial charge in [0.1, 0.15) is 5.01 Å². The average molecular weight is 295 g/mol. The van der Waals surface area contributed by atoms with E-state index in [1.807, 2.05) is 6.20 Å². The summed E-state index contributed by atoms with van der Waals surface area (Å²) in [6.07, 6.45) is 9.42. The molecular formula is C15H25N3OS. The summed E-state index contributed by atoms with van der Waals surface area (Å²) in [5.41, 5.74) is 5.58. The third kappa shape index (κ3) is 3.58. The molecule has 20 heavy (non-hydrogen) atoms. The summed E-state index contributed by atoms with van der Waals surface area (Å²) >= 11 is 1.68. The Balaban J connectivity index is 1.94. The second-order valence-electron chi connectivity index (χ2n) is 5.66. The van der Waals surface area contributed by atoms with Crippen molar-refractivity contribution in [3.8, 4) is 0 Å². The van der Waals surface area contributed by atoms with Gasteiger partial charge >= 0.3 is 0 Å². The van der Waals surface area contributed by atoms with Crippen molar-refractivity contribution in [2.45, 2.75) is 58.4 Å². The maximum Gasteiger partial charge on any atom is 0.227 e. The molecule has 0 spiro atoms. The predicted octanol–water partition coefficient (Wildman–Crippen LogP) is 2.62. The number of carbonyl (C=O) groups is 1. The van der Waals surface area contributed by atoms with Crippen LogP contribution in [-0.2, 0) is 17.8 Å². The topological polar surface area (TPSA) is 68.0 Å². The van der Waals surface area contributed by atoms with Crippen LogP contribution in [0.15, 0.2) is 6.20 Å². The minimum Gasteiger partial charge on any atom is -0.349 e. The fourth-order valence-electron chi connectivity index (χ4n) is 2.87. The molecule has 1 aliphatic rings. The van der Waals surface area contributed by atoms with Gasteiger partial charge in [-0.2, -0.15) is 0 Å². The number of nitrogens with one attached hydrogen (secondary N) is 1. The molecule has 1 aromatic rings. The molecule has 0 atom stereocenters. The Labute approximate surface area is 125 Å². The molecule has 1 aromatic heterocycles. The first-order chi connectivity index (χ1) is 9.70. The van der Waals surface area contributed by atoms with Crippen molar-refractivity contribution in [1.82, 2.24) is 10.3 Å². The van der Waals surface area contributed by atoms with Crippen LogP contribution in [0.2, 0.25) is 0 Å². The third-order valence-corrected chi connectivity index (χ3v) is 5.42. The highest BCUT2D eigenvalue weighted by Gasteiger charge is 2.36. The molecular weight excluding hydrogens is 270 g/mol. The van der Waals surface area contributed by atoms with Gasteiger partial charge in [0, 0.05) is 17.6 Å². The van der Waals surface area contributed by atoms with Crippen LogP contribution >= 0.6 is 11.3 Å². The summed E-state index contributed by atoms with van der Waals surface area (Å²) in [6, 6.07) is 0. The second-order valence-corrected chi connectivity index (χ2v) is 6.85. The first kappa shape index (κ1) is 15.4. The number of hydrogen-bond donors (Lipinski definition) is 2. The van der Waals surface area contributed by atoms with E-state index in [1.165, 1.54) is 17.7 Å². The predicted molar refractivity (Wildman–Crippen MR) is 82.5 cm³/mol. The molecule has 0 aliphatic heterocycles. The van der Waals surface area contributed by atoms with E-state index in [0.29, 0.717) is 13.1 Å². The Bertz CT molecular complexity index is 436. The van der Waals surface area contributed by atoms with Crippen LogP contribution in [0.25, 0.3) is 0 Å². The van der Waals surface area contributed by atoms with E-state index in [-0.39, 0.29) is 11.3 Å². The number of aromatic nitrogens is 1. The van der Waals surface area contributed by atoms with E-state index >= 15 is 0 Å². The lowest BCUT2D eigenvalue weighted by Crippen LogP contribution is -2.45. The van der Waals surface area contributed by atoms with Gasteiger partial charge in [-0.15, -0.1) is 11.3 Å². The van der Waals surface area contributed by atoms with Crippen molar-refractivity contribution < 1.29 is 4.79 Å². The molecule has 1 fully saturated rings. The number of rotatable bonds is 5. The Morgan fingerprint density at radius 2 is 2.10 bits per heavy atom. The highest BCUT2D eigenvalue weighted by molar-refractivity contribution is 7.11. The molecule has 1 aliphatic carbocycles. The summed E-state index contributed by atoms with van der Waals surface area (Å²) < 4.78 is 0. The van der Waals surface area contributed by atoms with E-state index < -0.39 is 0 Å². The van der Waals surface area contributed by atoms with Crippen LogP contribution in [0.4, 0.5) is 0 Å². The Morgan fingerprint density at radius 3 is 2.65 bits per heavy atom. The first-order valence-corrected chi connectivity index (χ1v) is 8.44. The molecule has 4 nitrogen and oxygen atoms in total. The molecule has 0 saturated heterocycles.